The normalized spacial score (nSPS) is 18.3. The smallest absolute Gasteiger partial charge is 0.254 e. The van der Waals surface area contributed by atoms with E-state index in [0.29, 0.717) is 18.0 Å². The van der Waals surface area contributed by atoms with Crippen LogP contribution in [0.2, 0.25) is 0 Å². The fourth-order valence-corrected chi connectivity index (χ4v) is 3.18. The summed E-state index contributed by atoms with van der Waals surface area (Å²) in [5.41, 5.74) is 2.94. The van der Waals surface area contributed by atoms with Crippen molar-refractivity contribution >= 4 is 5.91 Å². The van der Waals surface area contributed by atoms with Crippen LogP contribution in [0, 0.1) is 12.9 Å². The van der Waals surface area contributed by atoms with E-state index in [2.05, 4.69) is 24.0 Å². The number of amides is 1. The predicted molar refractivity (Wildman–Crippen MR) is 83.3 cm³/mol. The summed E-state index contributed by atoms with van der Waals surface area (Å²) in [4.78, 5) is 17.9. The van der Waals surface area contributed by atoms with E-state index in [1.807, 2.05) is 17.0 Å². The molecule has 1 fully saturated rings. The summed E-state index contributed by atoms with van der Waals surface area (Å²) in [5, 5.41) is 0. The van der Waals surface area contributed by atoms with Gasteiger partial charge in [-0.3, -0.25) is 4.79 Å². The molecule has 2 aromatic rings. The van der Waals surface area contributed by atoms with E-state index in [1.165, 1.54) is 23.4 Å². The number of pyridine rings is 1. The quantitative estimate of drug-likeness (QED) is 0.794. The third kappa shape index (κ3) is 3.01. The van der Waals surface area contributed by atoms with Gasteiger partial charge in [0.2, 0.25) is 5.95 Å². The van der Waals surface area contributed by atoms with Crippen molar-refractivity contribution in [1.29, 1.82) is 0 Å². The minimum atomic E-state index is -0.613. The highest BCUT2D eigenvalue weighted by Crippen LogP contribution is 2.29. The molecule has 4 heteroatoms. The average molecular weight is 298 g/mol. The van der Waals surface area contributed by atoms with Crippen LogP contribution in [0.5, 0.6) is 0 Å². The third-order valence-corrected chi connectivity index (χ3v) is 4.31. The largest absolute Gasteiger partial charge is 0.338 e. The lowest BCUT2D eigenvalue weighted by Crippen LogP contribution is -2.39. The lowest BCUT2D eigenvalue weighted by Gasteiger charge is -2.33. The second-order valence-corrected chi connectivity index (χ2v) is 5.81. The minimum absolute atomic E-state index is 0.111. The molecule has 1 aromatic carbocycles. The van der Waals surface area contributed by atoms with Gasteiger partial charge in [0.05, 0.1) is 0 Å². The number of rotatable bonds is 2. The van der Waals surface area contributed by atoms with E-state index >= 15 is 0 Å². The number of benzene rings is 1. The fourth-order valence-electron chi connectivity index (χ4n) is 3.18. The van der Waals surface area contributed by atoms with Crippen LogP contribution in [0.25, 0.3) is 0 Å². The molecule has 114 valence electrons. The summed E-state index contributed by atoms with van der Waals surface area (Å²) >= 11 is 0. The van der Waals surface area contributed by atoms with Gasteiger partial charge in [-0.15, -0.1) is 0 Å². The monoisotopic (exact) mass is 298 g/mol. The molecule has 1 aromatic heterocycles. The zero-order valence-electron chi connectivity index (χ0n) is 12.6. The van der Waals surface area contributed by atoms with Crippen LogP contribution < -0.4 is 0 Å². The van der Waals surface area contributed by atoms with Crippen molar-refractivity contribution in [2.45, 2.75) is 25.7 Å². The van der Waals surface area contributed by atoms with Gasteiger partial charge in [0, 0.05) is 36.8 Å². The van der Waals surface area contributed by atoms with E-state index in [4.69, 9.17) is 0 Å². The van der Waals surface area contributed by atoms with Gasteiger partial charge >= 0.3 is 0 Å². The summed E-state index contributed by atoms with van der Waals surface area (Å²) in [6.07, 6.45) is 3.39. The van der Waals surface area contributed by atoms with Crippen molar-refractivity contribution in [3.63, 3.8) is 0 Å². The Labute approximate surface area is 129 Å². The van der Waals surface area contributed by atoms with Gasteiger partial charge < -0.3 is 4.90 Å². The number of halogens is 1. The third-order valence-electron chi connectivity index (χ3n) is 4.31. The Morgan fingerprint density at radius 3 is 2.91 bits per heavy atom. The topological polar surface area (TPSA) is 33.2 Å². The Hall–Kier alpha value is -2.23. The van der Waals surface area contributed by atoms with Crippen molar-refractivity contribution in [3.05, 3.63) is 65.2 Å². The lowest BCUT2D eigenvalue weighted by atomic mass is 9.88. The second-order valence-electron chi connectivity index (χ2n) is 5.81. The molecule has 22 heavy (non-hydrogen) atoms. The van der Waals surface area contributed by atoms with Crippen LogP contribution >= 0.6 is 0 Å². The number of carbonyl (C=O) groups is 1. The van der Waals surface area contributed by atoms with E-state index < -0.39 is 5.95 Å². The lowest BCUT2D eigenvalue weighted by molar-refractivity contribution is 0.0706. The standard InChI is InChI=1S/C18H19FN2O/c1-13-5-2-3-7-16(13)15-6-4-10-21(12-15)18(22)14-8-9-20-17(19)11-14/h2-3,5,7-9,11,15H,4,6,10,12H2,1H3/t15-/m1/s1. The van der Waals surface area contributed by atoms with Crippen molar-refractivity contribution in [1.82, 2.24) is 9.88 Å². The summed E-state index contributed by atoms with van der Waals surface area (Å²) in [6.45, 7) is 3.52. The molecule has 0 radical (unpaired) electrons. The Morgan fingerprint density at radius 2 is 2.14 bits per heavy atom. The van der Waals surface area contributed by atoms with E-state index in [0.717, 1.165) is 19.4 Å². The minimum Gasteiger partial charge on any atom is -0.338 e. The molecule has 0 N–H and O–H groups in total. The van der Waals surface area contributed by atoms with Crippen LogP contribution in [0.3, 0.4) is 0 Å². The van der Waals surface area contributed by atoms with Gasteiger partial charge in [0.15, 0.2) is 0 Å². The summed E-state index contributed by atoms with van der Waals surface area (Å²) in [7, 11) is 0. The van der Waals surface area contributed by atoms with E-state index in [9.17, 15) is 9.18 Å². The van der Waals surface area contributed by atoms with Gasteiger partial charge in [0.1, 0.15) is 0 Å². The average Bonchev–Trinajstić information content (AvgIpc) is 2.55. The number of hydrogen-bond donors (Lipinski definition) is 0. The fraction of sp³-hybridized carbons (Fsp3) is 0.333. The predicted octanol–water partition coefficient (Wildman–Crippen LogP) is 3.55. The molecule has 3 nitrogen and oxygen atoms in total. The molecule has 1 atom stereocenters. The summed E-state index contributed by atoms with van der Waals surface area (Å²) in [6, 6.07) is 11.1. The molecule has 1 amide bonds. The molecular weight excluding hydrogens is 279 g/mol. The van der Waals surface area contributed by atoms with Crippen molar-refractivity contribution in [3.8, 4) is 0 Å². The number of piperidine rings is 1. The highest BCUT2D eigenvalue weighted by Gasteiger charge is 2.26. The molecule has 1 saturated heterocycles. The number of aromatic nitrogens is 1. The number of aryl methyl sites for hydroxylation is 1. The Balaban J connectivity index is 1.78. The van der Waals surface area contributed by atoms with Gasteiger partial charge in [-0.2, -0.15) is 4.39 Å². The van der Waals surface area contributed by atoms with Crippen molar-refractivity contribution in [2.75, 3.05) is 13.1 Å². The molecule has 0 spiro atoms. The van der Waals surface area contributed by atoms with Crippen LogP contribution in [-0.4, -0.2) is 28.9 Å². The first-order chi connectivity index (χ1) is 10.6. The number of hydrogen-bond acceptors (Lipinski definition) is 2. The van der Waals surface area contributed by atoms with Gasteiger partial charge in [-0.25, -0.2) is 4.98 Å². The van der Waals surface area contributed by atoms with Crippen LogP contribution in [0.4, 0.5) is 4.39 Å². The molecule has 1 aliphatic rings. The van der Waals surface area contributed by atoms with Crippen molar-refractivity contribution < 1.29 is 9.18 Å². The number of carbonyl (C=O) groups excluding carboxylic acids is 1. The molecular formula is C18H19FN2O. The van der Waals surface area contributed by atoms with E-state index in [-0.39, 0.29) is 5.91 Å². The maximum Gasteiger partial charge on any atom is 0.254 e. The molecule has 0 unspecified atom stereocenters. The summed E-state index contributed by atoms with van der Waals surface area (Å²) in [5.74, 6) is -0.372. The van der Waals surface area contributed by atoms with Gasteiger partial charge in [-0.1, -0.05) is 24.3 Å². The first-order valence-corrected chi connectivity index (χ1v) is 7.61. The Kier molecular flexibility index (Phi) is 4.18. The Morgan fingerprint density at radius 1 is 1.32 bits per heavy atom. The van der Waals surface area contributed by atoms with Gasteiger partial charge in [-0.05, 0) is 37.0 Å². The molecule has 3 rings (SSSR count). The molecule has 0 bridgehead atoms. The highest BCUT2D eigenvalue weighted by molar-refractivity contribution is 5.94. The van der Waals surface area contributed by atoms with E-state index in [1.54, 1.807) is 6.07 Å². The first-order valence-electron chi connectivity index (χ1n) is 7.61. The molecule has 2 heterocycles. The number of likely N-dealkylation sites (tertiary alicyclic amines) is 1. The zero-order valence-corrected chi connectivity index (χ0v) is 12.6. The molecule has 0 aliphatic carbocycles. The van der Waals surface area contributed by atoms with Crippen molar-refractivity contribution in [2.24, 2.45) is 0 Å². The first kappa shape index (κ1) is 14.7. The second kappa shape index (κ2) is 6.26. The Bertz CT molecular complexity index is 686. The molecule has 1 aliphatic heterocycles. The SMILES string of the molecule is Cc1ccccc1[C@@H]1CCCN(C(=O)c2ccnc(F)c2)C1. The van der Waals surface area contributed by atoms with Crippen LogP contribution in [0.15, 0.2) is 42.6 Å². The van der Waals surface area contributed by atoms with Crippen LogP contribution in [-0.2, 0) is 0 Å². The molecule has 0 saturated carbocycles. The maximum absolute atomic E-state index is 13.2. The summed E-state index contributed by atoms with van der Waals surface area (Å²) < 4.78 is 13.2. The maximum atomic E-state index is 13.2. The number of nitrogens with zero attached hydrogens (tertiary/aromatic N) is 2. The zero-order chi connectivity index (χ0) is 15.5. The van der Waals surface area contributed by atoms with Crippen LogP contribution in [0.1, 0.15) is 40.2 Å². The highest BCUT2D eigenvalue weighted by atomic mass is 19.1. The van der Waals surface area contributed by atoms with Gasteiger partial charge in [0.25, 0.3) is 5.91 Å².